The maximum atomic E-state index is 11.2. The van der Waals surface area contributed by atoms with E-state index in [0.717, 1.165) is 32.4 Å². The fraction of sp³-hybridized carbons (Fsp3) is 0.476. The van der Waals surface area contributed by atoms with Crippen LogP contribution in [0.4, 0.5) is 0 Å². The van der Waals surface area contributed by atoms with Crippen molar-refractivity contribution in [1.82, 2.24) is 4.90 Å². The van der Waals surface area contributed by atoms with E-state index in [9.17, 15) is 9.90 Å². The summed E-state index contributed by atoms with van der Waals surface area (Å²) in [5, 5.41) is 11.9. The molecule has 0 saturated carbocycles. The molecule has 0 amide bonds. The van der Waals surface area contributed by atoms with Crippen LogP contribution in [-0.4, -0.2) is 29.1 Å². The van der Waals surface area contributed by atoms with E-state index < -0.39 is 5.97 Å². The van der Waals surface area contributed by atoms with Crippen LogP contribution in [0.5, 0.6) is 0 Å². The number of fused-ring (bicyclic) bond motifs is 1. The first kappa shape index (κ1) is 17.0. The number of nitrogens with zero attached hydrogens (tertiary/aromatic N) is 1. The Morgan fingerprint density at radius 1 is 1.17 bits per heavy atom. The van der Waals surface area contributed by atoms with E-state index >= 15 is 0 Å². The molecule has 0 bridgehead atoms. The molecular weight excluding hydrogens is 298 g/mol. The van der Waals surface area contributed by atoms with Crippen LogP contribution >= 0.6 is 0 Å². The number of likely N-dealkylation sites (tertiary alicyclic amines) is 1. The second kappa shape index (κ2) is 7.80. The topological polar surface area (TPSA) is 40.5 Å². The molecule has 128 valence electrons. The highest BCUT2D eigenvalue weighted by atomic mass is 16.4. The summed E-state index contributed by atoms with van der Waals surface area (Å²) in [5.41, 5.74) is 1.40. The lowest BCUT2D eigenvalue weighted by atomic mass is 9.90. The first-order valence-electron chi connectivity index (χ1n) is 9.15. The van der Waals surface area contributed by atoms with Crippen LogP contribution in [0.25, 0.3) is 10.8 Å². The predicted octanol–water partition coefficient (Wildman–Crippen LogP) is 4.87. The van der Waals surface area contributed by atoms with E-state index in [1.54, 1.807) is 0 Å². The molecule has 24 heavy (non-hydrogen) atoms. The zero-order valence-electron chi connectivity index (χ0n) is 14.4. The summed E-state index contributed by atoms with van der Waals surface area (Å²) in [6, 6.07) is 15.6. The second-order valence-corrected chi connectivity index (χ2v) is 6.87. The minimum absolute atomic E-state index is 0.166. The van der Waals surface area contributed by atoms with E-state index in [1.165, 1.54) is 29.2 Å². The standard InChI is InChI=1S/C21H27NO2/c1-2-3-11-20(22-14-12-17(13-15-22)21(23)24)19-10-6-8-16-7-4-5-9-18(16)19/h4-10,17,20H,2-3,11-15H2,1H3,(H,23,24). The Hall–Kier alpha value is -1.87. The largest absolute Gasteiger partial charge is 0.481 e. The molecule has 0 aromatic heterocycles. The van der Waals surface area contributed by atoms with Crippen molar-refractivity contribution >= 4 is 16.7 Å². The van der Waals surface area contributed by atoms with Gasteiger partial charge in [0.25, 0.3) is 0 Å². The number of carboxylic acid groups (broad SMARTS) is 1. The zero-order chi connectivity index (χ0) is 16.9. The van der Waals surface area contributed by atoms with Crippen molar-refractivity contribution in [2.75, 3.05) is 13.1 Å². The maximum absolute atomic E-state index is 11.2. The van der Waals surface area contributed by atoms with Gasteiger partial charge in [-0.25, -0.2) is 0 Å². The molecule has 1 aliphatic heterocycles. The van der Waals surface area contributed by atoms with Crippen LogP contribution in [0.3, 0.4) is 0 Å². The molecule has 1 aliphatic rings. The molecule has 1 N–H and O–H groups in total. The van der Waals surface area contributed by atoms with Gasteiger partial charge in [-0.15, -0.1) is 0 Å². The summed E-state index contributed by atoms with van der Waals surface area (Å²) in [5.74, 6) is -0.800. The van der Waals surface area contributed by atoms with Crippen molar-refractivity contribution in [3.8, 4) is 0 Å². The van der Waals surface area contributed by atoms with Crippen LogP contribution in [0.1, 0.15) is 50.6 Å². The van der Waals surface area contributed by atoms with Gasteiger partial charge >= 0.3 is 5.97 Å². The molecule has 3 nitrogen and oxygen atoms in total. The molecule has 3 rings (SSSR count). The van der Waals surface area contributed by atoms with E-state index in [2.05, 4.69) is 54.3 Å². The summed E-state index contributed by atoms with van der Waals surface area (Å²) in [7, 11) is 0. The van der Waals surface area contributed by atoms with Crippen molar-refractivity contribution < 1.29 is 9.90 Å². The normalized spacial score (nSPS) is 17.9. The molecule has 0 radical (unpaired) electrons. The zero-order valence-corrected chi connectivity index (χ0v) is 14.4. The van der Waals surface area contributed by atoms with Gasteiger partial charge in [0.2, 0.25) is 0 Å². The van der Waals surface area contributed by atoms with Gasteiger partial charge in [-0.2, -0.15) is 0 Å². The predicted molar refractivity (Wildman–Crippen MR) is 98.1 cm³/mol. The Bertz CT molecular complexity index is 684. The van der Waals surface area contributed by atoms with E-state index in [-0.39, 0.29) is 5.92 Å². The van der Waals surface area contributed by atoms with Gasteiger partial charge < -0.3 is 5.11 Å². The summed E-state index contributed by atoms with van der Waals surface area (Å²) >= 11 is 0. The highest BCUT2D eigenvalue weighted by Gasteiger charge is 2.29. The smallest absolute Gasteiger partial charge is 0.306 e. The van der Waals surface area contributed by atoms with Crippen LogP contribution in [0, 0.1) is 5.92 Å². The Labute approximate surface area is 144 Å². The van der Waals surface area contributed by atoms with E-state index in [4.69, 9.17) is 0 Å². The van der Waals surface area contributed by atoms with Gasteiger partial charge in [0, 0.05) is 6.04 Å². The molecule has 1 unspecified atom stereocenters. The van der Waals surface area contributed by atoms with Crippen LogP contribution in [0.15, 0.2) is 42.5 Å². The maximum Gasteiger partial charge on any atom is 0.306 e. The average molecular weight is 325 g/mol. The summed E-state index contributed by atoms with van der Waals surface area (Å²) in [6.45, 7) is 4.00. The third-order valence-corrected chi connectivity index (χ3v) is 5.33. The number of carbonyl (C=O) groups is 1. The number of aliphatic carboxylic acids is 1. The number of hydrogen-bond acceptors (Lipinski definition) is 2. The third-order valence-electron chi connectivity index (χ3n) is 5.33. The molecule has 3 heteroatoms. The molecule has 2 aromatic carbocycles. The highest BCUT2D eigenvalue weighted by Crippen LogP contribution is 2.34. The minimum Gasteiger partial charge on any atom is -0.481 e. The van der Waals surface area contributed by atoms with Gasteiger partial charge in [-0.3, -0.25) is 9.69 Å². The van der Waals surface area contributed by atoms with Gasteiger partial charge in [0.1, 0.15) is 0 Å². The van der Waals surface area contributed by atoms with Crippen molar-refractivity contribution in [2.24, 2.45) is 5.92 Å². The molecule has 1 atom stereocenters. The number of benzene rings is 2. The monoisotopic (exact) mass is 325 g/mol. The summed E-state index contributed by atoms with van der Waals surface area (Å²) < 4.78 is 0. The fourth-order valence-corrected chi connectivity index (χ4v) is 3.93. The number of piperidine rings is 1. The molecule has 1 saturated heterocycles. The number of carboxylic acids is 1. The molecule has 0 aliphatic carbocycles. The van der Waals surface area contributed by atoms with Crippen LogP contribution in [-0.2, 0) is 4.79 Å². The lowest BCUT2D eigenvalue weighted by Crippen LogP contribution is -2.38. The Morgan fingerprint density at radius 2 is 1.88 bits per heavy atom. The number of unbranched alkanes of at least 4 members (excludes halogenated alkanes) is 1. The average Bonchev–Trinajstić information content (AvgIpc) is 2.62. The fourth-order valence-electron chi connectivity index (χ4n) is 3.93. The van der Waals surface area contributed by atoms with Crippen LogP contribution in [0.2, 0.25) is 0 Å². The Morgan fingerprint density at radius 3 is 2.58 bits per heavy atom. The first-order valence-corrected chi connectivity index (χ1v) is 9.15. The van der Waals surface area contributed by atoms with Crippen LogP contribution < -0.4 is 0 Å². The summed E-state index contributed by atoms with van der Waals surface area (Å²) in [4.78, 5) is 13.7. The molecule has 1 heterocycles. The van der Waals surface area contributed by atoms with Gasteiger partial charge in [0.15, 0.2) is 0 Å². The van der Waals surface area contributed by atoms with Crippen molar-refractivity contribution in [3.05, 3.63) is 48.0 Å². The quantitative estimate of drug-likeness (QED) is 0.824. The number of hydrogen-bond donors (Lipinski definition) is 1. The molecule has 0 spiro atoms. The first-order chi connectivity index (χ1) is 11.7. The number of rotatable bonds is 6. The molecule has 2 aromatic rings. The second-order valence-electron chi connectivity index (χ2n) is 6.87. The third kappa shape index (κ3) is 3.62. The van der Waals surface area contributed by atoms with E-state index in [0.29, 0.717) is 6.04 Å². The highest BCUT2D eigenvalue weighted by molar-refractivity contribution is 5.86. The van der Waals surface area contributed by atoms with E-state index in [1.807, 2.05) is 0 Å². The lowest BCUT2D eigenvalue weighted by molar-refractivity contribution is -0.143. The van der Waals surface area contributed by atoms with Crippen molar-refractivity contribution in [3.63, 3.8) is 0 Å². The molecular formula is C21H27NO2. The van der Waals surface area contributed by atoms with Crippen molar-refractivity contribution in [2.45, 2.75) is 45.1 Å². The molecule has 1 fully saturated rings. The van der Waals surface area contributed by atoms with Gasteiger partial charge in [-0.05, 0) is 48.7 Å². The van der Waals surface area contributed by atoms with Gasteiger partial charge in [0.05, 0.1) is 5.92 Å². The van der Waals surface area contributed by atoms with Crippen molar-refractivity contribution in [1.29, 1.82) is 0 Å². The van der Waals surface area contributed by atoms with Gasteiger partial charge in [-0.1, -0.05) is 62.2 Å². The Balaban J connectivity index is 1.87. The Kier molecular flexibility index (Phi) is 5.52. The minimum atomic E-state index is -0.634. The summed E-state index contributed by atoms with van der Waals surface area (Å²) in [6.07, 6.45) is 5.06. The lowest BCUT2D eigenvalue weighted by Gasteiger charge is -2.37. The SMILES string of the molecule is CCCCC(c1cccc2ccccc12)N1CCC(C(=O)O)CC1.